The van der Waals surface area contributed by atoms with Gasteiger partial charge in [-0.05, 0) is 18.4 Å². The molecule has 0 aliphatic heterocycles. The van der Waals surface area contributed by atoms with Gasteiger partial charge in [0.1, 0.15) is 0 Å². The van der Waals surface area contributed by atoms with Gasteiger partial charge in [-0.1, -0.05) is 58.6 Å². The van der Waals surface area contributed by atoms with Crippen molar-refractivity contribution in [1.82, 2.24) is 0 Å². The van der Waals surface area contributed by atoms with Gasteiger partial charge in [0.25, 0.3) is 0 Å². The minimum absolute atomic E-state index is 0.550. The Morgan fingerprint density at radius 3 is 1.75 bits per heavy atom. The van der Waals surface area contributed by atoms with E-state index < -0.39 is 0 Å². The monoisotopic (exact) mass is 166 g/mol. The minimum atomic E-state index is 0.550. The third kappa shape index (κ3) is 7.33. The fourth-order valence-corrected chi connectivity index (χ4v) is 0.746. The van der Waals surface area contributed by atoms with Crippen LogP contribution >= 0.6 is 0 Å². The fraction of sp³-hybridized carbons (Fsp3) is 0.500. The normalized spacial score (nSPS) is 10.3. The average molecular weight is 166 g/mol. The van der Waals surface area contributed by atoms with Gasteiger partial charge in [0.15, 0.2) is 0 Å². The Kier molecular flexibility index (Phi) is 9.56. The van der Waals surface area contributed by atoms with Crippen molar-refractivity contribution in [2.75, 3.05) is 0 Å². The fourth-order valence-electron chi connectivity index (χ4n) is 0.746. The largest absolute Gasteiger partial charge is 0.0988 e. The summed E-state index contributed by atoms with van der Waals surface area (Å²) < 4.78 is 0. The molecule has 0 aromatic heterocycles. The second-order valence-electron chi connectivity index (χ2n) is 2.85. The third-order valence-corrected chi connectivity index (χ3v) is 1.32. The molecule has 0 saturated heterocycles. The first-order chi connectivity index (χ1) is 5.57. The lowest BCUT2D eigenvalue weighted by Crippen LogP contribution is -1.89. The predicted molar refractivity (Wildman–Crippen MR) is 59.3 cm³/mol. The molecule has 12 heavy (non-hydrogen) atoms. The van der Waals surface area contributed by atoms with E-state index in [9.17, 15) is 0 Å². The third-order valence-electron chi connectivity index (χ3n) is 1.32. The zero-order valence-electron chi connectivity index (χ0n) is 9.15. The highest BCUT2D eigenvalue weighted by Gasteiger charge is 1.96. The Labute approximate surface area is 77.7 Å². The Balaban J connectivity index is 0. The highest BCUT2D eigenvalue weighted by atomic mass is 14.0. The summed E-state index contributed by atoms with van der Waals surface area (Å²) in [5.74, 6) is 0.550. The van der Waals surface area contributed by atoms with Gasteiger partial charge in [-0.2, -0.15) is 0 Å². The van der Waals surface area contributed by atoms with E-state index in [1.54, 1.807) is 0 Å². The maximum absolute atomic E-state index is 3.80. The molecule has 0 atom stereocenters. The van der Waals surface area contributed by atoms with Crippen molar-refractivity contribution >= 4 is 0 Å². The predicted octanol–water partition coefficient (Wildman–Crippen LogP) is 4.36. The van der Waals surface area contributed by atoms with E-state index in [-0.39, 0.29) is 0 Å². The lowest BCUT2D eigenvalue weighted by atomic mass is 10.0. The summed E-state index contributed by atoms with van der Waals surface area (Å²) in [5, 5.41) is 0. The van der Waals surface area contributed by atoms with Gasteiger partial charge < -0.3 is 0 Å². The van der Waals surface area contributed by atoms with Crippen molar-refractivity contribution in [3.05, 3.63) is 36.5 Å². The van der Waals surface area contributed by atoms with Crippen LogP contribution in [0.25, 0.3) is 0 Å². The zero-order chi connectivity index (χ0) is 10.1. The van der Waals surface area contributed by atoms with Gasteiger partial charge in [-0.15, -0.1) is 0 Å². The maximum Gasteiger partial charge on any atom is -0.0219 e. The summed E-state index contributed by atoms with van der Waals surface area (Å²) in [6, 6.07) is 0. The van der Waals surface area contributed by atoms with Crippen molar-refractivity contribution < 1.29 is 0 Å². The van der Waals surface area contributed by atoms with Gasteiger partial charge in [-0.25, -0.2) is 0 Å². The molecular weight excluding hydrogens is 144 g/mol. The van der Waals surface area contributed by atoms with Gasteiger partial charge in [-0.3, -0.25) is 0 Å². The van der Waals surface area contributed by atoms with Crippen LogP contribution in [0, 0.1) is 5.92 Å². The highest BCUT2D eigenvalue weighted by Crippen LogP contribution is 2.11. The molecule has 0 aromatic rings. The molecule has 0 bridgehead atoms. The van der Waals surface area contributed by atoms with Crippen LogP contribution in [0.4, 0.5) is 0 Å². The van der Waals surface area contributed by atoms with Crippen molar-refractivity contribution in [2.45, 2.75) is 34.6 Å². The Morgan fingerprint density at radius 1 is 1.25 bits per heavy atom. The summed E-state index contributed by atoms with van der Waals surface area (Å²) in [4.78, 5) is 0. The topological polar surface area (TPSA) is 0 Å². The summed E-state index contributed by atoms with van der Waals surface area (Å²) in [6.45, 7) is 17.8. The number of hydrogen-bond acceptors (Lipinski definition) is 0. The standard InChI is InChI=1S/C10H16.C2H6/c1-6-10(9(4)5)7-8(2)3;1-2/h6-7,9H,1-2H2,3-5H3;1-2H3/b10-7+;. The minimum Gasteiger partial charge on any atom is -0.0988 e. The first-order valence-corrected chi connectivity index (χ1v) is 4.57. The smallest absolute Gasteiger partial charge is 0.0219 e. The van der Waals surface area contributed by atoms with Crippen LogP contribution in [0.2, 0.25) is 0 Å². The van der Waals surface area contributed by atoms with Crippen LogP contribution in [0.5, 0.6) is 0 Å². The molecule has 0 fully saturated rings. The molecule has 0 radical (unpaired) electrons. The van der Waals surface area contributed by atoms with E-state index in [0.29, 0.717) is 5.92 Å². The average Bonchev–Trinajstić information content (AvgIpc) is 2.03. The van der Waals surface area contributed by atoms with E-state index >= 15 is 0 Å². The molecule has 0 spiro atoms. The van der Waals surface area contributed by atoms with E-state index in [2.05, 4.69) is 33.1 Å². The number of hydrogen-bond donors (Lipinski definition) is 0. The molecule has 0 rings (SSSR count). The zero-order valence-corrected chi connectivity index (χ0v) is 9.15. The molecule has 0 unspecified atom stereocenters. The summed E-state index contributed by atoms with van der Waals surface area (Å²) in [5.41, 5.74) is 2.34. The number of allylic oxidation sites excluding steroid dienone is 4. The SMILES string of the molecule is C=C/C(=C\C(=C)C)C(C)C.CC. The van der Waals surface area contributed by atoms with Gasteiger partial charge in [0.2, 0.25) is 0 Å². The lowest BCUT2D eigenvalue weighted by molar-refractivity contribution is 0.791. The Bertz CT molecular complexity index is 159. The van der Waals surface area contributed by atoms with Crippen LogP contribution in [0.15, 0.2) is 36.5 Å². The summed E-state index contributed by atoms with van der Waals surface area (Å²) in [7, 11) is 0. The molecule has 0 heterocycles. The molecule has 0 aromatic carbocycles. The van der Waals surface area contributed by atoms with Crippen LogP contribution in [0.1, 0.15) is 34.6 Å². The molecule has 0 aliphatic rings. The van der Waals surface area contributed by atoms with E-state index in [1.807, 2.05) is 26.8 Å². The molecule has 0 aliphatic carbocycles. The van der Waals surface area contributed by atoms with E-state index in [4.69, 9.17) is 0 Å². The molecule has 0 nitrogen and oxygen atoms in total. The summed E-state index contributed by atoms with van der Waals surface area (Å²) >= 11 is 0. The van der Waals surface area contributed by atoms with Gasteiger partial charge in [0, 0.05) is 0 Å². The second-order valence-corrected chi connectivity index (χ2v) is 2.85. The molecule has 0 saturated carbocycles. The molecule has 70 valence electrons. The van der Waals surface area contributed by atoms with E-state index in [1.165, 1.54) is 5.57 Å². The van der Waals surface area contributed by atoms with Crippen LogP contribution < -0.4 is 0 Å². The van der Waals surface area contributed by atoms with Gasteiger partial charge >= 0.3 is 0 Å². The van der Waals surface area contributed by atoms with Crippen LogP contribution in [-0.4, -0.2) is 0 Å². The van der Waals surface area contributed by atoms with Crippen molar-refractivity contribution in [2.24, 2.45) is 5.92 Å². The molecule has 0 heteroatoms. The first kappa shape index (κ1) is 13.8. The molecule has 0 N–H and O–H groups in total. The molecule has 0 amide bonds. The van der Waals surface area contributed by atoms with Crippen molar-refractivity contribution in [1.29, 1.82) is 0 Å². The lowest BCUT2D eigenvalue weighted by Gasteiger charge is -2.04. The van der Waals surface area contributed by atoms with Gasteiger partial charge in [0.05, 0.1) is 0 Å². The second kappa shape index (κ2) is 8.32. The van der Waals surface area contributed by atoms with Crippen molar-refractivity contribution in [3.8, 4) is 0 Å². The van der Waals surface area contributed by atoms with Crippen LogP contribution in [-0.2, 0) is 0 Å². The number of rotatable bonds is 3. The van der Waals surface area contributed by atoms with E-state index in [0.717, 1.165) is 5.57 Å². The Hall–Kier alpha value is -0.780. The summed E-state index contributed by atoms with van der Waals surface area (Å²) in [6.07, 6.45) is 3.96. The first-order valence-electron chi connectivity index (χ1n) is 4.57. The highest BCUT2D eigenvalue weighted by molar-refractivity contribution is 5.27. The quantitative estimate of drug-likeness (QED) is 0.546. The maximum atomic E-state index is 3.80. The van der Waals surface area contributed by atoms with Crippen molar-refractivity contribution in [3.63, 3.8) is 0 Å². The molecular formula is C12H22. The Morgan fingerprint density at radius 2 is 1.67 bits per heavy atom. The van der Waals surface area contributed by atoms with Crippen LogP contribution in [0.3, 0.4) is 0 Å².